The Kier molecular flexibility index (Phi) is 5.51. The lowest BCUT2D eigenvalue weighted by Gasteiger charge is -2.10. The third-order valence-corrected chi connectivity index (χ3v) is 4.86. The number of anilines is 1. The Labute approximate surface area is 151 Å². The van der Waals surface area contributed by atoms with E-state index in [0.717, 1.165) is 17.0 Å². The molecule has 0 saturated carbocycles. The van der Waals surface area contributed by atoms with Crippen LogP contribution in [-0.2, 0) is 5.75 Å². The molecular weight excluding hydrogens is 333 g/mol. The molecule has 4 heteroatoms. The van der Waals surface area contributed by atoms with Gasteiger partial charge in [-0.1, -0.05) is 36.4 Å². The molecule has 0 spiro atoms. The molecule has 0 saturated heterocycles. The maximum atomic E-state index is 13.2. The molecule has 0 fully saturated rings. The van der Waals surface area contributed by atoms with Crippen molar-refractivity contribution in [3.8, 4) is 0 Å². The molecule has 0 radical (unpaired) electrons. The highest BCUT2D eigenvalue weighted by atomic mass is 32.2. The molecule has 3 aromatic rings. The third-order valence-electron chi connectivity index (χ3n) is 3.77. The van der Waals surface area contributed by atoms with Crippen LogP contribution in [-0.4, -0.2) is 5.91 Å². The van der Waals surface area contributed by atoms with Gasteiger partial charge in [0, 0.05) is 21.9 Å². The van der Waals surface area contributed by atoms with E-state index >= 15 is 0 Å². The van der Waals surface area contributed by atoms with Crippen LogP contribution in [0.1, 0.15) is 21.5 Å². The Morgan fingerprint density at radius 3 is 2.52 bits per heavy atom. The highest BCUT2D eigenvalue weighted by molar-refractivity contribution is 7.98. The number of rotatable bonds is 5. The van der Waals surface area contributed by atoms with Gasteiger partial charge in [-0.25, -0.2) is 4.39 Å². The van der Waals surface area contributed by atoms with Crippen molar-refractivity contribution in [1.29, 1.82) is 0 Å². The summed E-state index contributed by atoms with van der Waals surface area (Å²) >= 11 is 1.77. The van der Waals surface area contributed by atoms with Crippen LogP contribution in [0, 0.1) is 12.7 Å². The molecule has 0 unspecified atom stereocenters. The molecule has 2 nitrogen and oxygen atoms in total. The zero-order valence-corrected chi connectivity index (χ0v) is 14.6. The monoisotopic (exact) mass is 351 g/mol. The van der Waals surface area contributed by atoms with Crippen molar-refractivity contribution in [1.82, 2.24) is 0 Å². The van der Waals surface area contributed by atoms with Gasteiger partial charge in [-0.3, -0.25) is 4.79 Å². The van der Waals surface area contributed by atoms with Gasteiger partial charge in [0.2, 0.25) is 0 Å². The van der Waals surface area contributed by atoms with Crippen molar-refractivity contribution in [2.24, 2.45) is 0 Å². The number of amides is 1. The minimum Gasteiger partial charge on any atom is -0.322 e. The minimum atomic E-state index is -0.419. The van der Waals surface area contributed by atoms with E-state index in [-0.39, 0.29) is 5.91 Å². The van der Waals surface area contributed by atoms with Crippen LogP contribution in [0.3, 0.4) is 0 Å². The predicted molar refractivity (Wildman–Crippen MR) is 102 cm³/mol. The average molecular weight is 351 g/mol. The minimum absolute atomic E-state index is 0.308. The van der Waals surface area contributed by atoms with E-state index in [0.29, 0.717) is 5.56 Å². The Morgan fingerprint density at radius 2 is 1.80 bits per heavy atom. The number of carbonyl (C=O) groups excluding carboxylic acids is 1. The third kappa shape index (κ3) is 4.70. The van der Waals surface area contributed by atoms with E-state index in [4.69, 9.17) is 0 Å². The van der Waals surface area contributed by atoms with Crippen molar-refractivity contribution in [2.45, 2.75) is 17.6 Å². The first kappa shape index (κ1) is 17.2. The normalized spacial score (nSPS) is 10.5. The summed E-state index contributed by atoms with van der Waals surface area (Å²) in [5.74, 6) is 0.134. The summed E-state index contributed by atoms with van der Waals surface area (Å²) in [6.45, 7) is 1.96. The number of thioether (sulfide) groups is 1. The Hall–Kier alpha value is -2.59. The van der Waals surface area contributed by atoms with Crippen molar-refractivity contribution in [3.63, 3.8) is 0 Å². The summed E-state index contributed by atoms with van der Waals surface area (Å²) in [6, 6.07) is 21.9. The smallest absolute Gasteiger partial charge is 0.255 e. The zero-order valence-electron chi connectivity index (χ0n) is 13.8. The van der Waals surface area contributed by atoms with Gasteiger partial charge in [-0.05, 0) is 54.4 Å². The molecular formula is C21H18FNOS. The summed E-state index contributed by atoms with van der Waals surface area (Å²) < 4.78 is 13.2. The van der Waals surface area contributed by atoms with Crippen LogP contribution in [0.5, 0.6) is 0 Å². The van der Waals surface area contributed by atoms with Gasteiger partial charge in [0.25, 0.3) is 5.91 Å². The summed E-state index contributed by atoms with van der Waals surface area (Å²) in [6.07, 6.45) is 0. The largest absolute Gasteiger partial charge is 0.322 e. The van der Waals surface area contributed by atoms with E-state index in [1.165, 1.54) is 28.7 Å². The standard InChI is InChI=1S/C21H18FNOS/c1-15-12-16(14-25-19-8-3-2-4-9-19)10-11-20(15)23-21(24)17-6-5-7-18(22)13-17/h2-13H,14H2,1H3,(H,23,24). The number of hydrogen-bond donors (Lipinski definition) is 1. The SMILES string of the molecule is Cc1cc(CSc2ccccc2)ccc1NC(=O)c1cccc(F)c1. The second-order valence-electron chi connectivity index (χ2n) is 5.72. The van der Waals surface area contributed by atoms with Crippen LogP contribution in [0.4, 0.5) is 10.1 Å². The van der Waals surface area contributed by atoms with Crippen molar-refractivity contribution >= 4 is 23.4 Å². The van der Waals surface area contributed by atoms with Crippen LogP contribution in [0.15, 0.2) is 77.7 Å². The number of hydrogen-bond acceptors (Lipinski definition) is 2. The lowest BCUT2D eigenvalue weighted by atomic mass is 10.1. The van der Waals surface area contributed by atoms with E-state index in [1.807, 2.05) is 37.3 Å². The molecule has 25 heavy (non-hydrogen) atoms. The molecule has 0 aliphatic rings. The average Bonchev–Trinajstić information content (AvgIpc) is 2.63. The van der Waals surface area contributed by atoms with E-state index in [9.17, 15) is 9.18 Å². The molecule has 0 heterocycles. The van der Waals surface area contributed by atoms with Crippen LogP contribution < -0.4 is 5.32 Å². The summed E-state index contributed by atoms with van der Waals surface area (Å²) in [5.41, 5.74) is 3.22. The summed E-state index contributed by atoms with van der Waals surface area (Å²) in [4.78, 5) is 13.5. The maximum Gasteiger partial charge on any atom is 0.255 e. The van der Waals surface area contributed by atoms with Gasteiger partial charge in [0.1, 0.15) is 5.82 Å². The second-order valence-corrected chi connectivity index (χ2v) is 6.76. The van der Waals surface area contributed by atoms with Gasteiger partial charge < -0.3 is 5.32 Å². The molecule has 1 amide bonds. The molecule has 3 rings (SSSR count). The first-order valence-corrected chi connectivity index (χ1v) is 8.95. The van der Waals surface area contributed by atoms with E-state index in [1.54, 1.807) is 17.8 Å². The second kappa shape index (κ2) is 7.99. The van der Waals surface area contributed by atoms with Gasteiger partial charge >= 0.3 is 0 Å². The Bertz CT molecular complexity index is 880. The molecule has 0 bridgehead atoms. The van der Waals surface area contributed by atoms with Crippen LogP contribution >= 0.6 is 11.8 Å². The highest BCUT2D eigenvalue weighted by Crippen LogP contribution is 2.25. The van der Waals surface area contributed by atoms with Crippen molar-refractivity contribution < 1.29 is 9.18 Å². The number of aryl methyl sites for hydroxylation is 1. The predicted octanol–water partition coefficient (Wildman–Crippen LogP) is 5.68. The molecule has 3 aromatic carbocycles. The number of benzene rings is 3. The topological polar surface area (TPSA) is 29.1 Å². The summed E-state index contributed by atoms with van der Waals surface area (Å²) in [5, 5.41) is 2.84. The molecule has 1 N–H and O–H groups in total. The van der Waals surface area contributed by atoms with Gasteiger partial charge in [-0.2, -0.15) is 0 Å². The fourth-order valence-corrected chi connectivity index (χ4v) is 3.33. The lowest BCUT2D eigenvalue weighted by molar-refractivity contribution is 0.102. The fraction of sp³-hybridized carbons (Fsp3) is 0.0952. The molecule has 0 aliphatic carbocycles. The molecule has 0 aliphatic heterocycles. The molecule has 0 atom stereocenters. The summed E-state index contributed by atoms with van der Waals surface area (Å²) in [7, 11) is 0. The molecule has 0 aromatic heterocycles. The Morgan fingerprint density at radius 1 is 1.00 bits per heavy atom. The van der Waals surface area contributed by atoms with Gasteiger partial charge in [0.05, 0.1) is 0 Å². The first-order chi connectivity index (χ1) is 12.1. The van der Waals surface area contributed by atoms with Crippen molar-refractivity contribution in [3.05, 3.63) is 95.3 Å². The van der Waals surface area contributed by atoms with Crippen molar-refractivity contribution in [2.75, 3.05) is 5.32 Å². The van der Waals surface area contributed by atoms with Gasteiger partial charge in [-0.15, -0.1) is 11.8 Å². The zero-order chi connectivity index (χ0) is 17.6. The van der Waals surface area contributed by atoms with Crippen LogP contribution in [0.2, 0.25) is 0 Å². The van der Waals surface area contributed by atoms with Crippen LogP contribution in [0.25, 0.3) is 0 Å². The lowest BCUT2D eigenvalue weighted by Crippen LogP contribution is -2.13. The fourth-order valence-electron chi connectivity index (χ4n) is 2.46. The maximum absolute atomic E-state index is 13.2. The first-order valence-electron chi connectivity index (χ1n) is 7.96. The number of halogens is 1. The quantitative estimate of drug-likeness (QED) is 0.599. The van der Waals surface area contributed by atoms with E-state index in [2.05, 4.69) is 23.5 Å². The Balaban J connectivity index is 1.66. The molecule has 126 valence electrons. The highest BCUT2D eigenvalue weighted by Gasteiger charge is 2.09. The van der Waals surface area contributed by atoms with Gasteiger partial charge in [0.15, 0.2) is 0 Å². The number of nitrogens with one attached hydrogen (secondary N) is 1. The van der Waals surface area contributed by atoms with E-state index < -0.39 is 5.82 Å². The number of carbonyl (C=O) groups is 1.